The highest BCUT2D eigenvalue weighted by atomic mass is 19.1. The van der Waals surface area contributed by atoms with Gasteiger partial charge in [-0.1, -0.05) is 30.3 Å². The molecular formula is C12H15FN2O2. The predicted molar refractivity (Wildman–Crippen MR) is 61.3 cm³/mol. The van der Waals surface area contributed by atoms with Gasteiger partial charge in [-0.2, -0.15) is 0 Å². The Morgan fingerprint density at radius 3 is 2.82 bits per heavy atom. The van der Waals surface area contributed by atoms with Crippen LogP contribution in [0.5, 0.6) is 0 Å². The van der Waals surface area contributed by atoms with Crippen LogP contribution in [0.25, 0.3) is 0 Å². The number of halogens is 1. The third-order valence-corrected chi connectivity index (χ3v) is 2.66. The molecule has 17 heavy (non-hydrogen) atoms. The van der Waals surface area contributed by atoms with Crippen LogP contribution in [0.2, 0.25) is 0 Å². The number of carbonyl (C=O) groups excluding carboxylic acids is 1. The molecule has 1 saturated heterocycles. The van der Waals surface area contributed by atoms with Gasteiger partial charge in [-0.15, -0.1) is 0 Å². The first-order chi connectivity index (χ1) is 8.25. The first-order valence-electron chi connectivity index (χ1n) is 5.57. The molecule has 2 N–H and O–H groups in total. The summed E-state index contributed by atoms with van der Waals surface area (Å²) in [6, 6.07) is 8.87. The molecule has 92 valence electrons. The van der Waals surface area contributed by atoms with Crippen LogP contribution in [0, 0.1) is 0 Å². The van der Waals surface area contributed by atoms with Crippen LogP contribution in [-0.4, -0.2) is 31.4 Å². The maximum atomic E-state index is 13.2. The second kappa shape index (κ2) is 5.63. The van der Waals surface area contributed by atoms with Crippen molar-refractivity contribution in [2.24, 2.45) is 0 Å². The van der Waals surface area contributed by atoms with E-state index in [4.69, 9.17) is 4.74 Å². The smallest absolute Gasteiger partial charge is 0.407 e. The first kappa shape index (κ1) is 11.9. The Bertz CT molecular complexity index is 372. The summed E-state index contributed by atoms with van der Waals surface area (Å²) in [5.41, 5.74) is 0.906. The van der Waals surface area contributed by atoms with Gasteiger partial charge in [0.1, 0.15) is 12.8 Å². The second-order valence-electron chi connectivity index (χ2n) is 3.99. The monoisotopic (exact) mass is 238 g/mol. The molecule has 0 aromatic heterocycles. The highest BCUT2D eigenvalue weighted by molar-refractivity contribution is 5.67. The van der Waals surface area contributed by atoms with Crippen LogP contribution >= 0.6 is 0 Å². The van der Waals surface area contributed by atoms with Gasteiger partial charge in [0.15, 0.2) is 0 Å². The van der Waals surface area contributed by atoms with E-state index < -0.39 is 18.3 Å². The zero-order chi connectivity index (χ0) is 12.1. The van der Waals surface area contributed by atoms with E-state index in [0.29, 0.717) is 6.54 Å². The highest BCUT2D eigenvalue weighted by Crippen LogP contribution is 2.05. The molecule has 2 atom stereocenters. The van der Waals surface area contributed by atoms with Crippen LogP contribution in [0.3, 0.4) is 0 Å². The summed E-state index contributed by atoms with van der Waals surface area (Å²) in [7, 11) is 0. The Hall–Kier alpha value is -1.62. The number of rotatable bonds is 3. The summed E-state index contributed by atoms with van der Waals surface area (Å²) in [6.45, 7) is 0.926. The normalized spacial score (nSPS) is 23.4. The second-order valence-corrected chi connectivity index (χ2v) is 3.99. The summed E-state index contributed by atoms with van der Waals surface area (Å²) in [5.74, 6) is 0. The van der Waals surface area contributed by atoms with Crippen molar-refractivity contribution in [1.82, 2.24) is 10.6 Å². The number of alkyl carbamates (subject to hydrolysis) is 1. The number of carbonyl (C=O) groups is 1. The van der Waals surface area contributed by atoms with E-state index in [1.54, 1.807) is 0 Å². The van der Waals surface area contributed by atoms with Crippen molar-refractivity contribution in [3.8, 4) is 0 Å². The molecule has 1 aliphatic heterocycles. The summed E-state index contributed by atoms with van der Waals surface area (Å²) in [4.78, 5) is 11.4. The molecule has 0 unspecified atom stereocenters. The fourth-order valence-corrected chi connectivity index (χ4v) is 1.70. The molecule has 2 rings (SSSR count). The van der Waals surface area contributed by atoms with E-state index in [1.165, 1.54) is 0 Å². The van der Waals surface area contributed by atoms with E-state index >= 15 is 0 Å². The quantitative estimate of drug-likeness (QED) is 0.832. The lowest BCUT2D eigenvalue weighted by Gasteiger charge is -2.13. The number of benzene rings is 1. The highest BCUT2D eigenvalue weighted by Gasteiger charge is 2.28. The molecule has 1 aliphatic rings. The van der Waals surface area contributed by atoms with Gasteiger partial charge in [-0.25, -0.2) is 9.18 Å². The van der Waals surface area contributed by atoms with Gasteiger partial charge in [0.2, 0.25) is 0 Å². The summed E-state index contributed by atoms with van der Waals surface area (Å²) >= 11 is 0. The van der Waals surface area contributed by atoms with Crippen molar-refractivity contribution in [3.63, 3.8) is 0 Å². The molecule has 1 fully saturated rings. The summed E-state index contributed by atoms with van der Waals surface area (Å²) in [6.07, 6.45) is -1.62. The Morgan fingerprint density at radius 2 is 2.18 bits per heavy atom. The average molecular weight is 238 g/mol. The number of nitrogens with one attached hydrogen (secondary N) is 2. The third kappa shape index (κ3) is 3.42. The zero-order valence-electron chi connectivity index (χ0n) is 9.36. The van der Waals surface area contributed by atoms with Gasteiger partial charge in [0, 0.05) is 13.1 Å². The van der Waals surface area contributed by atoms with Crippen molar-refractivity contribution in [3.05, 3.63) is 35.9 Å². The van der Waals surface area contributed by atoms with Crippen molar-refractivity contribution < 1.29 is 13.9 Å². The van der Waals surface area contributed by atoms with Gasteiger partial charge in [0.05, 0.1) is 6.04 Å². The Balaban J connectivity index is 1.74. The van der Waals surface area contributed by atoms with E-state index in [2.05, 4.69) is 10.6 Å². The third-order valence-electron chi connectivity index (χ3n) is 2.66. The summed E-state index contributed by atoms with van der Waals surface area (Å²) in [5, 5.41) is 5.36. The van der Waals surface area contributed by atoms with E-state index in [-0.39, 0.29) is 13.2 Å². The Morgan fingerprint density at radius 1 is 1.41 bits per heavy atom. The molecule has 0 saturated carbocycles. The van der Waals surface area contributed by atoms with Crippen LogP contribution in [0.1, 0.15) is 5.56 Å². The fourth-order valence-electron chi connectivity index (χ4n) is 1.70. The topological polar surface area (TPSA) is 50.4 Å². The minimum atomic E-state index is -1.04. The van der Waals surface area contributed by atoms with Gasteiger partial charge in [0.25, 0.3) is 0 Å². The van der Waals surface area contributed by atoms with Crippen molar-refractivity contribution in [2.45, 2.75) is 18.8 Å². The molecule has 5 heteroatoms. The molecule has 0 spiro atoms. The number of ether oxygens (including phenoxy) is 1. The zero-order valence-corrected chi connectivity index (χ0v) is 9.36. The standard InChI is InChI=1S/C12H15FN2O2/c13-10-6-14-7-11(10)15-12(16)17-8-9-4-2-1-3-5-9/h1-5,10-11,14H,6-8H2,(H,15,16)/t10-,11+/m0/s1. The average Bonchev–Trinajstić information content (AvgIpc) is 2.74. The molecule has 0 bridgehead atoms. The van der Waals surface area contributed by atoms with E-state index in [9.17, 15) is 9.18 Å². The van der Waals surface area contributed by atoms with Gasteiger partial charge in [-0.05, 0) is 5.56 Å². The maximum absolute atomic E-state index is 13.2. The molecular weight excluding hydrogens is 223 g/mol. The molecule has 1 aromatic rings. The molecule has 0 radical (unpaired) electrons. The maximum Gasteiger partial charge on any atom is 0.407 e. The number of amides is 1. The Labute approximate surface area is 99.2 Å². The number of hydrogen-bond donors (Lipinski definition) is 2. The van der Waals surface area contributed by atoms with Crippen molar-refractivity contribution in [1.29, 1.82) is 0 Å². The first-order valence-corrected chi connectivity index (χ1v) is 5.57. The van der Waals surface area contributed by atoms with Gasteiger partial charge in [-0.3, -0.25) is 0 Å². The van der Waals surface area contributed by atoms with Crippen molar-refractivity contribution in [2.75, 3.05) is 13.1 Å². The van der Waals surface area contributed by atoms with Crippen LogP contribution in [0.4, 0.5) is 9.18 Å². The molecule has 1 heterocycles. The molecule has 0 aliphatic carbocycles. The van der Waals surface area contributed by atoms with E-state index in [0.717, 1.165) is 5.56 Å². The van der Waals surface area contributed by atoms with Crippen LogP contribution in [0.15, 0.2) is 30.3 Å². The molecule has 4 nitrogen and oxygen atoms in total. The minimum absolute atomic E-state index is 0.198. The lowest BCUT2D eigenvalue weighted by molar-refractivity contribution is 0.132. The Kier molecular flexibility index (Phi) is 3.93. The number of hydrogen-bond acceptors (Lipinski definition) is 3. The minimum Gasteiger partial charge on any atom is -0.445 e. The summed E-state index contributed by atoms with van der Waals surface area (Å²) < 4.78 is 18.2. The predicted octanol–water partition coefficient (Wildman–Crippen LogP) is 1.22. The van der Waals surface area contributed by atoms with Gasteiger partial charge >= 0.3 is 6.09 Å². The van der Waals surface area contributed by atoms with Gasteiger partial charge < -0.3 is 15.4 Å². The number of alkyl halides is 1. The van der Waals surface area contributed by atoms with Crippen molar-refractivity contribution >= 4 is 6.09 Å². The van der Waals surface area contributed by atoms with Crippen LogP contribution < -0.4 is 10.6 Å². The lowest BCUT2D eigenvalue weighted by Crippen LogP contribution is -2.41. The fraction of sp³-hybridized carbons (Fsp3) is 0.417. The molecule has 1 aromatic carbocycles. The van der Waals surface area contributed by atoms with Crippen LogP contribution in [-0.2, 0) is 11.3 Å². The van der Waals surface area contributed by atoms with E-state index in [1.807, 2.05) is 30.3 Å². The molecule has 1 amide bonds. The largest absolute Gasteiger partial charge is 0.445 e. The SMILES string of the molecule is O=C(N[C@@H]1CNC[C@@H]1F)OCc1ccccc1. The lowest BCUT2D eigenvalue weighted by atomic mass is 10.2.